The zero-order valence-corrected chi connectivity index (χ0v) is 16.3. The Morgan fingerprint density at radius 3 is 2.14 bits per heavy atom. The van der Waals surface area contributed by atoms with Crippen LogP contribution in [0, 0.1) is 5.82 Å². The van der Waals surface area contributed by atoms with E-state index in [1.807, 2.05) is 24.4 Å². The van der Waals surface area contributed by atoms with Crippen LogP contribution < -0.4 is 0 Å². The molecular weight excluding hydrogens is 361 g/mol. The molecule has 0 aliphatic rings. The van der Waals surface area contributed by atoms with Crippen molar-refractivity contribution in [2.75, 3.05) is 0 Å². The number of fused-ring (bicyclic) bond motifs is 3. The van der Waals surface area contributed by atoms with E-state index in [9.17, 15) is 4.39 Å². The van der Waals surface area contributed by atoms with E-state index in [1.54, 1.807) is 12.1 Å². The van der Waals surface area contributed by atoms with Crippen LogP contribution in [0.1, 0.15) is 25.3 Å². The van der Waals surface area contributed by atoms with Crippen LogP contribution in [0.5, 0.6) is 0 Å². The van der Waals surface area contributed by atoms with Crippen molar-refractivity contribution < 1.29 is 8.81 Å². The molecule has 142 valence electrons. The molecule has 0 bridgehead atoms. The molecule has 0 radical (unpaired) electrons. The molecule has 0 aliphatic heterocycles. The molecule has 0 saturated heterocycles. The van der Waals surface area contributed by atoms with Gasteiger partial charge in [0.2, 0.25) is 0 Å². The highest BCUT2D eigenvalue weighted by molar-refractivity contribution is 6.12. The minimum Gasteiger partial charge on any atom is -0.455 e. The summed E-state index contributed by atoms with van der Waals surface area (Å²) < 4.78 is 19.8. The van der Waals surface area contributed by atoms with Crippen LogP contribution in [0.25, 0.3) is 44.3 Å². The number of furan rings is 1. The number of nitrogens with zero attached hydrogens (tertiary/aromatic N) is 1. The van der Waals surface area contributed by atoms with Gasteiger partial charge >= 0.3 is 0 Å². The van der Waals surface area contributed by atoms with Crippen molar-refractivity contribution in [2.45, 2.75) is 19.8 Å². The third-order valence-corrected chi connectivity index (χ3v) is 5.41. The van der Waals surface area contributed by atoms with Crippen LogP contribution in [0.4, 0.5) is 4.39 Å². The van der Waals surface area contributed by atoms with Gasteiger partial charge in [0.05, 0.1) is 5.69 Å². The molecule has 0 atom stereocenters. The molecule has 0 unspecified atom stereocenters. The Morgan fingerprint density at radius 1 is 0.793 bits per heavy atom. The fourth-order valence-corrected chi connectivity index (χ4v) is 3.83. The molecule has 3 heteroatoms. The smallest absolute Gasteiger partial charge is 0.144 e. The van der Waals surface area contributed by atoms with Crippen LogP contribution in [0.3, 0.4) is 0 Å². The first-order valence-electron chi connectivity index (χ1n) is 9.78. The van der Waals surface area contributed by atoms with Crippen molar-refractivity contribution in [1.82, 2.24) is 4.98 Å². The number of para-hydroxylation sites is 2. The second kappa shape index (κ2) is 6.85. The van der Waals surface area contributed by atoms with Gasteiger partial charge in [0.1, 0.15) is 17.0 Å². The summed E-state index contributed by atoms with van der Waals surface area (Å²) in [6, 6.07) is 23.0. The van der Waals surface area contributed by atoms with Gasteiger partial charge in [-0.25, -0.2) is 4.39 Å². The lowest BCUT2D eigenvalue weighted by Gasteiger charge is -2.07. The van der Waals surface area contributed by atoms with E-state index < -0.39 is 0 Å². The molecule has 0 saturated carbocycles. The Bertz CT molecular complexity index is 1330. The van der Waals surface area contributed by atoms with Gasteiger partial charge in [-0.2, -0.15) is 0 Å². The third-order valence-electron chi connectivity index (χ3n) is 5.41. The van der Waals surface area contributed by atoms with Crippen molar-refractivity contribution in [3.05, 3.63) is 90.4 Å². The molecule has 0 spiro atoms. The van der Waals surface area contributed by atoms with E-state index in [0.29, 0.717) is 5.92 Å². The average molecular weight is 381 g/mol. The van der Waals surface area contributed by atoms with E-state index in [4.69, 9.17) is 4.42 Å². The monoisotopic (exact) mass is 381 g/mol. The zero-order chi connectivity index (χ0) is 20.0. The third kappa shape index (κ3) is 2.99. The normalized spacial score (nSPS) is 11.6. The molecule has 2 nitrogen and oxygen atoms in total. The summed E-state index contributed by atoms with van der Waals surface area (Å²) >= 11 is 0. The maximum Gasteiger partial charge on any atom is 0.144 e. The Hall–Kier alpha value is -3.46. The quantitative estimate of drug-likeness (QED) is 0.322. The predicted molar refractivity (Wildman–Crippen MR) is 116 cm³/mol. The van der Waals surface area contributed by atoms with Gasteiger partial charge in [-0.1, -0.05) is 56.3 Å². The molecular formula is C26H20FNO. The summed E-state index contributed by atoms with van der Waals surface area (Å²) in [5.74, 6) is 0.181. The van der Waals surface area contributed by atoms with Crippen LogP contribution in [0.2, 0.25) is 0 Å². The van der Waals surface area contributed by atoms with E-state index in [0.717, 1.165) is 44.3 Å². The van der Waals surface area contributed by atoms with Gasteiger partial charge in [0, 0.05) is 28.1 Å². The highest BCUT2D eigenvalue weighted by Gasteiger charge is 2.16. The van der Waals surface area contributed by atoms with Crippen molar-refractivity contribution in [1.29, 1.82) is 0 Å². The van der Waals surface area contributed by atoms with Crippen molar-refractivity contribution in [3.8, 4) is 22.4 Å². The Morgan fingerprint density at radius 2 is 1.45 bits per heavy atom. The highest BCUT2D eigenvalue weighted by atomic mass is 19.1. The molecule has 0 amide bonds. The topological polar surface area (TPSA) is 26.0 Å². The summed E-state index contributed by atoms with van der Waals surface area (Å²) in [6.07, 6.45) is 1.86. The highest BCUT2D eigenvalue weighted by Crippen LogP contribution is 2.39. The lowest BCUT2D eigenvalue weighted by atomic mass is 9.99. The van der Waals surface area contributed by atoms with Crippen LogP contribution >= 0.6 is 0 Å². The standard InChI is InChI=1S/C26H20FNO/c1-16(2)18-13-14-28-24(15-18)23-8-4-7-22-21-6-3-5-20(25(21)29-26(22)23)17-9-11-19(27)12-10-17/h3-16H,1-2H3. The summed E-state index contributed by atoms with van der Waals surface area (Å²) in [5, 5.41) is 2.10. The fourth-order valence-electron chi connectivity index (χ4n) is 3.83. The molecule has 5 rings (SSSR count). The number of rotatable bonds is 3. The molecule has 0 aliphatic carbocycles. The molecule has 2 heterocycles. The fraction of sp³-hybridized carbons (Fsp3) is 0.115. The van der Waals surface area contributed by atoms with E-state index in [-0.39, 0.29) is 5.82 Å². The first-order valence-corrected chi connectivity index (χ1v) is 9.78. The zero-order valence-electron chi connectivity index (χ0n) is 16.3. The van der Waals surface area contributed by atoms with E-state index >= 15 is 0 Å². The average Bonchev–Trinajstić information content (AvgIpc) is 3.13. The number of aromatic nitrogens is 1. The first kappa shape index (κ1) is 17.6. The largest absolute Gasteiger partial charge is 0.455 e. The Kier molecular flexibility index (Phi) is 4.17. The second-order valence-corrected chi connectivity index (χ2v) is 7.60. The van der Waals surface area contributed by atoms with Crippen molar-refractivity contribution >= 4 is 21.9 Å². The van der Waals surface area contributed by atoms with Gasteiger partial charge < -0.3 is 4.42 Å². The van der Waals surface area contributed by atoms with Gasteiger partial charge in [-0.15, -0.1) is 0 Å². The summed E-state index contributed by atoms with van der Waals surface area (Å²) in [6.45, 7) is 4.35. The number of halogens is 1. The number of hydrogen-bond acceptors (Lipinski definition) is 2. The van der Waals surface area contributed by atoms with Gasteiger partial charge in [0.25, 0.3) is 0 Å². The van der Waals surface area contributed by atoms with Gasteiger partial charge in [-0.3, -0.25) is 4.98 Å². The maximum absolute atomic E-state index is 13.4. The lowest BCUT2D eigenvalue weighted by molar-refractivity contribution is 0.628. The number of pyridine rings is 1. The second-order valence-electron chi connectivity index (χ2n) is 7.60. The van der Waals surface area contributed by atoms with Crippen molar-refractivity contribution in [3.63, 3.8) is 0 Å². The summed E-state index contributed by atoms with van der Waals surface area (Å²) in [5.41, 5.74) is 6.64. The maximum atomic E-state index is 13.4. The summed E-state index contributed by atoms with van der Waals surface area (Å²) in [4.78, 5) is 4.60. The van der Waals surface area contributed by atoms with E-state index in [1.165, 1.54) is 17.7 Å². The van der Waals surface area contributed by atoms with Crippen LogP contribution in [-0.2, 0) is 0 Å². The molecule has 2 aromatic heterocycles. The van der Waals surface area contributed by atoms with E-state index in [2.05, 4.69) is 49.2 Å². The molecule has 5 aromatic rings. The van der Waals surface area contributed by atoms with Crippen molar-refractivity contribution in [2.24, 2.45) is 0 Å². The summed E-state index contributed by atoms with van der Waals surface area (Å²) in [7, 11) is 0. The SMILES string of the molecule is CC(C)c1ccnc(-c2cccc3c2oc2c(-c4ccc(F)cc4)cccc23)c1. The van der Waals surface area contributed by atoms with Gasteiger partial charge in [0.15, 0.2) is 0 Å². The Labute approximate surface area is 168 Å². The van der Waals surface area contributed by atoms with Gasteiger partial charge in [-0.05, 0) is 47.4 Å². The molecule has 29 heavy (non-hydrogen) atoms. The van der Waals surface area contributed by atoms with Crippen LogP contribution in [-0.4, -0.2) is 4.98 Å². The first-order chi connectivity index (χ1) is 14.1. The van der Waals surface area contributed by atoms with Crippen LogP contribution in [0.15, 0.2) is 83.4 Å². The predicted octanol–water partition coefficient (Wildman–Crippen LogP) is 7.58. The number of hydrogen-bond donors (Lipinski definition) is 0. The minimum atomic E-state index is -0.246. The molecule has 0 fully saturated rings. The molecule has 0 N–H and O–H groups in total. The number of benzene rings is 3. The molecule has 3 aromatic carbocycles. The minimum absolute atomic E-state index is 0.246. The lowest BCUT2D eigenvalue weighted by Crippen LogP contribution is -1.90. The Balaban J connectivity index is 1.77.